The number of hydrogen-bond acceptors (Lipinski definition) is 3. The molecule has 76 valence electrons. The van der Waals surface area contributed by atoms with E-state index in [1.54, 1.807) is 0 Å². The summed E-state index contributed by atoms with van der Waals surface area (Å²) in [7, 11) is 0. The van der Waals surface area contributed by atoms with Gasteiger partial charge in [0, 0.05) is 9.75 Å². The third kappa shape index (κ3) is 1.92. The van der Waals surface area contributed by atoms with Crippen LogP contribution in [0, 0.1) is 0 Å². The molecule has 3 heteroatoms. The molecule has 0 N–H and O–H groups in total. The molecule has 2 unspecified atom stereocenters. The molecule has 0 spiro atoms. The second-order valence-electron chi connectivity index (χ2n) is 3.39. The summed E-state index contributed by atoms with van der Waals surface area (Å²) >= 11 is 5.74. The number of rotatable bonds is 2. The van der Waals surface area contributed by atoms with Crippen molar-refractivity contribution in [1.82, 2.24) is 0 Å². The van der Waals surface area contributed by atoms with Gasteiger partial charge in [0.2, 0.25) is 0 Å². The van der Waals surface area contributed by atoms with Gasteiger partial charge in [0.25, 0.3) is 0 Å². The van der Waals surface area contributed by atoms with Gasteiger partial charge in [-0.3, -0.25) is 0 Å². The first-order valence-electron chi connectivity index (χ1n) is 4.84. The molecule has 0 fully saturated rings. The fourth-order valence-corrected chi connectivity index (χ4v) is 4.82. The third-order valence-corrected chi connectivity index (χ3v) is 6.02. The molecule has 0 saturated heterocycles. The van der Waals surface area contributed by atoms with Gasteiger partial charge >= 0.3 is 0 Å². The van der Waals surface area contributed by atoms with Gasteiger partial charge in [0.15, 0.2) is 0 Å². The zero-order valence-corrected chi connectivity index (χ0v) is 10.4. The SMILES string of the molecule is C1=CC(c2cccs2)SC1c1cccs1. The maximum absolute atomic E-state index is 2.33. The average Bonchev–Trinajstić information content (AvgIpc) is 3.02. The first-order chi connectivity index (χ1) is 7.43. The standard InChI is InChI=1S/C12H10S3/c1-3-9(13-7-1)11-5-6-12(15-11)10-4-2-8-14-10/h1-8,11-12H. The van der Waals surface area contributed by atoms with Crippen molar-refractivity contribution in [3.05, 3.63) is 56.9 Å². The predicted molar refractivity (Wildman–Crippen MR) is 70.9 cm³/mol. The van der Waals surface area contributed by atoms with E-state index in [1.807, 2.05) is 34.4 Å². The van der Waals surface area contributed by atoms with Crippen LogP contribution in [0.4, 0.5) is 0 Å². The van der Waals surface area contributed by atoms with E-state index in [9.17, 15) is 0 Å². The molecule has 0 aromatic carbocycles. The largest absolute Gasteiger partial charge is 0.147 e. The maximum Gasteiger partial charge on any atom is 0.0581 e. The van der Waals surface area contributed by atoms with Crippen molar-refractivity contribution >= 4 is 34.4 Å². The second-order valence-corrected chi connectivity index (χ2v) is 6.64. The smallest absolute Gasteiger partial charge is 0.0581 e. The maximum atomic E-state index is 2.33. The molecule has 0 aliphatic carbocycles. The molecule has 3 rings (SSSR count). The lowest BCUT2D eigenvalue weighted by Gasteiger charge is -2.08. The summed E-state index contributed by atoms with van der Waals surface area (Å²) in [6, 6.07) is 8.71. The lowest BCUT2D eigenvalue weighted by Crippen LogP contribution is -1.83. The van der Waals surface area contributed by atoms with Gasteiger partial charge in [-0.1, -0.05) is 24.3 Å². The van der Waals surface area contributed by atoms with Crippen molar-refractivity contribution in [2.75, 3.05) is 0 Å². The zero-order chi connectivity index (χ0) is 10.1. The van der Waals surface area contributed by atoms with Gasteiger partial charge in [-0.2, -0.15) is 0 Å². The van der Waals surface area contributed by atoms with Crippen LogP contribution in [0.25, 0.3) is 0 Å². The average molecular weight is 250 g/mol. The molecule has 2 aromatic rings. The lowest BCUT2D eigenvalue weighted by atomic mass is 10.2. The first kappa shape index (κ1) is 9.70. The summed E-state index contributed by atoms with van der Waals surface area (Å²) in [5, 5.41) is 5.44. The van der Waals surface area contributed by atoms with Crippen LogP contribution in [0.15, 0.2) is 47.2 Å². The van der Waals surface area contributed by atoms with Crippen LogP contribution in [0.2, 0.25) is 0 Å². The fraction of sp³-hybridized carbons (Fsp3) is 0.167. The molecule has 2 aromatic heterocycles. The summed E-state index contributed by atoms with van der Waals surface area (Å²) in [4.78, 5) is 2.94. The van der Waals surface area contributed by atoms with Gasteiger partial charge in [-0.05, 0) is 22.9 Å². The molecular weight excluding hydrogens is 240 g/mol. The van der Waals surface area contributed by atoms with Gasteiger partial charge in [-0.25, -0.2) is 0 Å². The first-order valence-corrected chi connectivity index (χ1v) is 7.54. The second kappa shape index (κ2) is 4.16. The highest BCUT2D eigenvalue weighted by Crippen LogP contribution is 2.49. The van der Waals surface area contributed by atoms with Crippen LogP contribution in [-0.2, 0) is 0 Å². The molecule has 1 aliphatic rings. The van der Waals surface area contributed by atoms with E-state index in [4.69, 9.17) is 0 Å². The quantitative estimate of drug-likeness (QED) is 0.683. The minimum Gasteiger partial charge on any atom is -0.147 e. The topological polar surface area (TPSA) is 0 Å². The Morgan fingerprint density at radius 3 is 1.73 bits per heavy atom. The molecule has 0 bridgehead atoms. The molecule has 3 heterocycles. The summed E-state index contributed by atoms with van der Waals surface area (Å²) in [6.07, 6.45) is 4.67. The van der Waals surface area contributed by atoms with Gasteiger partial charge in [0.1, 0.15) is 0 Å². The Morgan fingerprint density at radius 1 is 0.800 bits per heavy atom. The van der Waals surface area contributed by atoms with Crippen LogP contribution >= 0.6 is 34.4 Å². The van der Waals surface area contributed by atoms with E-state index >= 15 is 0 Å². The van der Waals surface area contributed by atoms with E-state index in [1.165, 1.54) is 9.75 Å². The Kier molecular flexibility index (Phi) is 2.69. The van der Waals surface area contributed by atoms with Crippen molar-refractivity contribution in [3.8, 4) is 0 Å². The Labute approximate surface area is 102 Å². The van der Waals surface area contributed by atoms with E-state index in [2.05, 4.69) is 47.2 Å². The molecular formula is C12H10S3. The Bertz CT molecular complexity index is 397. The Balaban J connectivity index is 1.78. The third-order valence-electron chi connectivity index (χ3n) is 2.40. The molecule has 0 saturated carbocycles. The van der Waals surface area contributed by atoms with E-state index in [-0.39, 0.29) is 0 Å². The van der Waals surface area contributed by atoms with Gasteiger partial charge in [0.05, 0.1) is 10.5 Å². The fourth-order valence-electron chi connectivity index (χ4n) is 1.68. The Hall–Kier alpha value is -0.510. The van der Waals surface area contributed by atoms with Gasteiger partial charge < -0.3 is 0 Å². The molecule has 0 nitrogen and oxygen atoms in total. The summed E-state index contributed by atoms with van der Waals surface area (Å²) < 4.78 is 0. The number of thiophene rings is 2. The molecule has 0 amide bonds. The monoisotopic (exact) mass is 250 g/mol. The zero-order valence-electron chi connectivity index (χ0n) is 8.00. The minimum atomic E-state index is 0.567. The summed E-state index contributed by atoms with van der Waals surface area (Å²) in [5.74, 6) is 0. The molecule has 2 atom stereocenters. The van der Waals surface area contributed by atoms with Crippen molar-refractivity contribution < 1.29 is 0 Å². The van der Waals surface area contributed by atoms with Crippen LogP contribution in [0.1, 0.15) is 20.3 Å². The number of thioether (sulfide) groups is 1. The summed E-state index contributed by atoms with van der Waals surface area (Å²) in [5.41, 5.74) is 0. The van der Waals surface area contributed by atoms with Crippen LogP contribution in [-0.4, -0.2) is 0 Å². The summed E-state index contributed by atoms with van der Waals surface area (Å²) in [6.45, 7) is 0. The van der Waals surface area contributed by atoms with E-state index in [0.29, 0.717) is 10.5 Å². The van der Waals surface area contributed by atoms with Gasteiger partial charge in [-0.15, -0.1) is 34.4 Å². The van der Waals surface area contributed by atoms with Crippen LogP contribution < -0.4 is 0 Å². The predicted octanol–water partition coefficient (Wildman–Crippen LogP) is 4.90. The highest BCUT2D eigenvalue weighted by atomic mass is 32.2. The van der Waals surface area contributed by atoms with Crippen molar-refractivity contribution in [1.29, 1.82) is 0 Å². The normalized spacial score (nSPS) is 24.8. The van der Waals surface area contributed by atoms with Crippen molar-refractivity contribution in [2.24, 2.45) is 0 Å². The lowest BCUT2D eigenvalue weighted by molar-refractivity contribution is 1.32. The van der Waals surface area contributed by atoms with Crippen LogP contribution in [0.5, 0.6) is 0 Å². The highest BCUT2D eigenvalue weighted by Gasteiger charge is 2.23. The molecule has 0 radical (unpaired) electrons. The highest BCUT2D eigenvalue weighted by molar-refractivity contribution is 8.00. The van der Waals surface area contributed by atoms with E-state index in [0.717, 1.165) is 0 Å². The minimum absolute atomic E-state index is 0.567. The van der Waals surface area contributed by atoms with E-state index < -0.39 is 0 Å². The molecule has 15 heavy (non-hydrogen) atoms. The van der Waals surface area contributed by atoms with Crippen molar-refractivity contribution in [2.45, 2.75) is 10.5 Å². The number of hydrogen-bond donors (Lipinski definition) is 0. The Morgan fingerprint density at radius 2 is 1.33 bits per heavy atom. The molecule has 1 aliphatic heterocycles. The van der Waals surface area contributed by atoms with Crippen LogP contribution in [0.3, 0.4) is 0 Å². The van der Waals surface area contributed by atoms with Crippen molar-refractivity contribution in [3.63, 3.8) is 0 Å².